The number of hydrogen-bond acceptors (Lipinski definition) is 3. The number of nitrogens with one attached hydrogen (secondary N) is 2. The fraction of sp³-hybridized carbons (Fsp3) is 0.562. The van der Waals surface area contributed by atoms with Crippen molar-refractivity contribution in [3.05, 3.63) is 29.8 Å². The molecule has 1 aromatic carbocycles. The summed E-state index contributed by atoms with van der Waals surface area (Å²) in [5.74, 6) is 0.724. The van der Waals surface area contributed by atoms with Crippen LogP contribution in [-0.2, 0) is 0 Å². The van der Waals surface area contributed by atoms with Crippen LogP contribution in [0, 0.1) is 6.92 Å². The first-order valence-electron chi connectivity index (χ1n) is 7.85. The largest absolute Gasteiger partial charge is 0.492 e. The van der Waals surface area contributed by atoms with Gasteiger partial charge < -0.3 is 15.4 Å². The molecule has 1 aromatic rings. The normalized spacial score (nSPS) is 18.4. The van der Waals surface area contributed by atoms with Crippen molar-refractivity contribution < 1.29 is 22.7 Å². The molecule has 1 heterocycles. The van der Waals surface area contributed by atoms with Crippen LogP contribution < -0.4 is 15.4 Å². The maximum absolute atomic E-state index is 12.3. The van der Waals surface area contributed by atoms with Gasteiger partial charge in [0, 0.05) is 19.1 Å². The summed E-state index contributed by atoms with van der Waals surface area (Å²) < 4.78 is 42.4. The van der Waals surface area contributed by atoms with Gasteiger partial charge in [0.1, 0.15) is 12.4 Å². The van der Waals surface area contributed by atoms with Crippen LogP contribution in [0.15, 0.2) is 24.3 Å². The number of ether oxygens (including phenoxy) is 1. The standard InChI is InChI=1S/C16H22F3N3O2/c1-12-2-4-14(5-3-12)24-9-7-20-15(23)21-13-6-8-22(10-13)11-16(17,18)19/h2-5,13H,6-11H2,1H3,(H2,20,21,23)/t13-/m0/s1. The zero-order valence-electron chi connectivity index (χ0n) is 13.5. The number of amides is 2. The van der Waals surface area contributed by atoms with E-state index in [1.54, 1.807) is 0 Å². The Hall–Kier alpha value is -1.96. The van der Waals surface area contributed by atoms with Crippen LogP contribution in [0.1, 0.15) is 12.0 Å². The van der Waals surface area contributed by atoms with Crippen LogP contribution in [0.4, 0.5) is 18.0 Å². The first-order valence-corrected chi connectivity index (χ1v) is 7.85. The summed E-state index contributed by atoms with van der Waals surface area (Å²) in [7, 11) is 0. The molecule has 0 bridgehead atoms. The average Bonchev–Trinajstić information content (AvgIpc) is 2.90. The van der Waals surface area contributed by atoms with Gasteiger partial charge in [0.25, 0.3) is 0 Å². The van der Waals surface area contributed by atoms with Crippen LogP contribution in [0.5, 0.6) is 5.75 Å². The molecule has 2 rings (SSSR count). The minimum atomic E-state index is -4.20. The summed E-state index contributed by atoms with van der Waals surface area (Å²) in [5, 5.41) is 5.32. The Kier molecular flexibility index (Phi) is 6.30. The number of urea groups is 1. The number of hydrogen-bond donors (Lipinski definition) is 2. The lowest BCUT2D eigenvalue weighted by molar-refractivity contribution is -0.143. The van der Waals surface area contributed by atoms with E-state index in [2.05, 4.69) is 10.6 Å². The summed E-state index contributed by atoms with van der Waals surface area (Å²) in [6.07, 6.45) is -3.69. The lowest BCUT2D eigenvalue weighted by atomic mass is 10.2. The molecule has 2 N–H and O–H groups in total. The Bertz CT molecular complexity index is 534. The van der Waals surface area contributed by atoms with Crippen LogP contribution in [0.25, 0.3) is 0 Å². The molecule has 0 radical (unpaired) electrons. The van der Waals surface area contributed by atoms with Gasteiger partial charge in [-0.05, 0) is 25.5 Å². The summed E-state index contributed by atoms with van der Waals surface area (Å²) >= 11 is 0. The second kappa shape index (κ2) is 8.23. The van der Waals surface area contributed by atoms with E-state index in [0.29, 0.717) is 26.1 Å². The molecule has 134 valence electrons. The molecule has 2 amide bonds. The van der Waals surface area contributed by atoms with Gasteiger partial charge in [0.2, 0.25) is 0 Å². The van der Waals surface area contributed by atoms with Crippen LogP contribution >= 0.6 is 0 Å². The Morgan fingerprint density at radius 1 is 1.33 bits per heavy atom. The number of alkyl halides is 3. The summed E-state index contributed by atoms with van der Waals surface area (Å²) in [4.78, 5) is 13.0. The molecular weight excluding hydrogens is 323 g/mol. The van der Waals surface area contributed by atoms with Gasteiger partial charge >= 0.3 is 12.2 Å². The fourth-order valence-electron chi connectivity index (χ4n) is 2.55. The molecule has 0 spiro atoms. The number of rotatable bonds is 6. The van der Waals surface area contributed by atoms with Gasteiger partial charge in [-0.2, -0.15) is 13.2 Å². The molecule has 0 aromatic heterocycles. The number of benzene rings is 1. The van der Waals surface area contributed by atoms with E-state index in [9.17, 15) is 18.0 Å². The average molecular weight is 345 g/mol. The molecule has 0 saturated carbocycles. The zero-order valence-corrected chi connectivity index (χ0v) is 13.5. The van der Waals surface area contributed by atoms with Gasteiger partial charge in [-0.1, -0.05) is 17.7 Å². The minimum Gasteiger partial charge on any atom is -0.492 e. The van der Waals surface area contributed by atoms with Crippen molar-refractivity contribution in [2.75, 3.05) is 32.8 Å². The third-order valence-electron chi connectivity index (χ3n) is 3.69. The predicted molar refractivity (Wildman–Crippen MR) is 84.1 cm³/mol. The number of carbonyl (C=O) groups excluding carboxylic acids is 1. The highest BCUT2D eigenvalue weighted by molar-refractivity contribution is 5.74. The van der Waals surface area contributed by atoms with E-state index in [-0.39, 0.29) is 18.6 Å². The van der Waals surface area contributed by atoms with Crippen molar-refractivity contribution in [1.82, 2.24) is 15.5 Å². The maximum Gasteiger partial charge on any atom is 0.401 e. The van der Waals surface area contributed by atoms with E-state index in [1.165, 1.54) is 4.90 Å². The van der Waals surface area contributed by atoms with Crippen LogP contribution in [0.3, 0.4) is 0 Å². The molecule has 1 aliphatic heterocycles. The minimum absolute atomic E-state index is 0.215. The van der Waals surface area contributed by atoms with E-state index >= 15 is 0 Å². The fourth-order valence-corrected chi connectivity index (χ4v) is 2.55. The molecule has 1 saturated heterocycles. The molecule has 0 aliphatic carbocycles. The lowest BCUT2D eigenvalue weighted by Gasteiger charge is -2.18. The van der Waals surface area contributed by atoms with Gasteiger partial charge in [0.05, 0.1) is 13.1 Å². The van der Waals surface area contributed by atoms with Crippen LogP contribution in [-0.4, -0.2) is 55.9 Å². The maximum atomic E-state index is 12.3. The van der Waals surface area contributed by atoms with Crippen molar-refractivity contribution in [1.29, 1.82) is 0 Å². The number of aryl methyl sites for hydroxylation is 1. The summed E-state index contributed by atoms with van der Waals surface area (Å²) in [5.41, 5.74) is 1.14. The van der Waals surface area contributed by atoms with Crippen molar-refractivity contribution in [2.45, 2.75) is 25.6 Å². The monoisotopic (exact) mass is 345 g/mol. The molecule has 8 heteroatoms. The molecule has 1 aliphatic rings. The number of carbonyl (C=O) groups is 1. The Morgan fingerprint density at radius 3 is 2.71 bits per heavy atom. The summed E-state index contributed by atoms with van der Waals surface area (Å²) in [6, 6.07) is 6.92. The van der Waals surface area contributed by atoms with E-state index in [4.69, 9.17) is 4.74 Å². The molecule has 24 heavy (non-hydrogen) atoms. The molecular formula is C16H22F3N3O2. The first kappa shape index (κ1) is 18.4. The highest BCUT2D eigenvalue weighted by atomic mass is 19.4. The highest BCUT2D eigenvalue weighted by Crippen LogP contribution is 2.19. The second-order valence-electron chi connectivity index (χ2n) is 5.90. The van der Waals surface area contributed by atoms with Gasteiger partial charge in [-0.25, -0.2) is 4.79 Å². The molecule has 5 nitrogen and oxygen atoms in total. The quantitative estimate of drug-likeness (QED) is 0.778. The molecule has 1 atom stereocenters. The first-order chi connectivity index (χ1) is 11.3. The van der Waals surface area contributed by atoms with Gasteiger partial charge in [-0.15, -0.1) is 0 Å². The SMILES string of the molecule is Cc1ccc(OCCNC(=O)N[C@H]2CCN(CC(F)(F)F)C2)cc1. The van der Waals surface area contributed by atoms with Crippen molar-refractivity contribution in [3.8, 4) is 5.75 Å². The number of likely N-dealkylation sites (tertiary alicyclic amines) is 1. The van der Waals surface area contributed by atoms with Gasteiger partial charge in [-0.3, -0.25) is 4.90 Å². The molecule has 1 fully saturated rings. The van der Waals surface area contributed by atoms with E-state index in [0.717, 1.165) is 11.3 Å². The van der Waals surface area contributed by atoms with E-state index < -0.39 is 12.7 Å². The number of halogens is 3. The van der Waals surface area contributed by atoms with Crippen molar-refractivity contribution in [2.24, 2.45) is 0 Å². The summed E-state index contributed by atoms with van der Waals surface area (Å²) in [6.45, 7) is 2.24. The van der Waals surface area contributed by atoms with Crippen LogP contribution in [0.2, 0.25) is 0 Å². The predicted octanol–water partition coefficient (Wildman–Crippen LogP) is 2.31. The second-order valence-corrected chi connectivity index (χ2v) is 5.90. The zero-order chi connectivity index (χ0) is 17.6. The van der Waals surface area contributed by atoms with Crippen molar-refractivity contribution >= 4 is 6.03 Å². The lowest BCUT2D eigenvalue weighted by Crippen LogP contribution is -2.45. The van der Waals surface area contributed by atoms with Crippen molar-refractivity contribution in [3.63, 3.8) is 0 Å². The Balaban J connectivity index is 1.59. The number of nitrogens with zero attached hydrogens (tertiary/aromatic N) is 1. The Morgan fingerprint density at radius 2 is 2.04 bits per heavy atom. The third-order valence-corrected chi connectivity index (χ3v) is 3.69. The smallest absolute Gasteiger partial charge is 0.401 e. The Labute approximate surface area is 139 Å². The third kappa shape index (κ3) is 6.66. The molecule has 0 unspecified atom stereocenters. The highest BCUT2D eigenvalue weighted by Gasteiger charge is 2.34. The van der Waals surface area contributed by atoms with Gasteiger partial charge in [0.15, 0.2) is 0 Å². The topological polar surface area (TPSA) is 53.6 Å². The van der Waals surface area contributed by atoms with E-state index in [1.807, 2.05) is 31.2 Å².